The SMILES string of the molecule is Cc1cc(OC[P@@]2(=O)OCC[C@@H](c3cccnc3C)O2)c2c(c1C)Cc1scnc1-2. The molecule has 1 fully saturated rings. The Hall–Kier alpha value is -2.05. The Balaban J connectivity index is 1.41. The predicted molar refractivity (Wildman–Crippen MR) is 116 cm³/mol. The zero-order chi connectivity index (χ0) is 20.9. The number of aryl methyl sites for hydroxylation is 2. The van der Waals surface area contributed by atoms with Gasteiger partial charge in [0.1, 0.15) is 5.75 Å². The van der Waals surface area contributed by atoms with E-state index in [0.717, 1.165) is 34.5 Å². The molecule has 0 saturated carbocycles. The van der Waals surface area contributed by atoms with Crippen LogP contribution in [0.5, 0.6) is 5.75 Å². The molecular weight excluding hydrogens is 419 g/mol. The number of nitrogens with zero attached hydrogens (tertiary/aromatic N) is 2. The lowest BCUT2D eigenvalue weighted by Gasteiger charge is -2.30. The van der Waals surface area contributed by atoms with E-state index < -0.39 is 7.60 Å². The highest BCUT2D eigenvalue weighted by Gasteiger charge is 2.37. The minimum atomic E-state index is -3.41. The molecule has 156 valence electrons. The number of rotatable bonds is 4. The number of benzene rings is 1. The lowest BCUT2D eigenvalue weighted by atomic mass is 9.98. The van der Waals surface area contributed by atoms with Gasteiger partial charge in [0, 0.05) is 40.7 Å². The molecule has 5 rings (SSSR count). The molecule has 1 aliphatic carbocycles. The number of ether oxygens (including phenoxy) is 1. The first kappa shape index (κ1) is 19.9. The molecule has 3 aromatic rings. The lowest BCUT2D eigenvalue weighted by Crippen LogP contribution is -2.18. The van der Waals surface area contributed by atoms with Gasteiger partial charge in [-0.3, -0.25) is 14.1 Å². The number of aromatic nitrogens is 2. The van der Waals surface area contributed by atoms with Crippen LogP contribution in [0.1, 0.15) is 45.3 Å². The topological polar surface area (TPSA) is 70.5 Å². The first-order valence-corrected chi connectivity index (χ1v) is 12.6. The highest BCUT2D eigenvalue weighted by Crippen LogP contribution is 2.57. The van der Waals surface area contributed by atoms with Crippen molar-refractivity contribution in [3.8, 4) is 17.0 Å². The quantitative estimate of drug-likeness (QED) is 0.375. The minimum absolute atomic E-state index is 0.128. The largest absolute Gasteiger partial charge is 0.480 e. The van der Waals surface area contributed by atoms with E-state index in [9.17, 15) is 4.57 Å². The summed E-state index contributed by atoms with van der Waals surface area (Å²) < 4.78 is 31.0. The summed E-state index contributed by atoms with van der Waals surface area (Å²) in [5, 5.41) is 0. The Kier molecular flexibility index (Phi) is 5.02. The summed E-state index contributed by atoms with van der Waals surface area (Å²) in [6, 6.07) is 5.83. The third-order valence-corrected chi connectivity index (χ3v) is 8.31. The van der Waals surface area contributed by atoms with Gasteiger partial charge in [-0.1, -0.05) is 6.07 Å². The van der Waals surface area contributed by atoms with Crippen molar-refractivity contribution in [2.24, 2.45) is 0 Å². The summed E-state index contributed by atoms with van der Waals surface area (Å²) in [7, 11) is -3.41. The standard InChI is InChI=1S/C22H23N2O4PS/c1-13-9-19(21-17(14(13)2)10-20-22(21)24-11-30-20)26-12-29(25)27-8-6-18(28-29)16-5-4-7-23-15(16)3/h4-5,7,9,11,18H,6,8,10,12H2,1-3H3/t18-,29+/m0/s1. The maximum absolute atomic E-state index is 13.3. The van der Waals surface area contributed by atoms with Crippen LogP contribution in [-0.4, -0.2) is 22.9 Å². The second-order valence-electron chi connectivity index (χ2n) is 7.75. The lowest BCUT2D eigenvalue weighted by molar-refractivity contribution is 0.0720. The zero-order valence-corrected chi connectivity index (χ0v) is 18.9. The summed E-state index contributed by atoms with van der Waals surface area (Å²) in [4.78, 5) is 10.1. The summed E-state index contributed by atoms with van der Waals surface area (Å²) in [5.74, 6) is 0.694. The van der Waals surface area contributed by atoms with Crippen molar-refractivity contribution in [3.63, 3.8) is 0 Å². The van der Waals surface area contributed by atoms with Gasteiger partial charge in [-0.05, 0) is 49.6 Å². The van der Waals surface area contributed by atoms with Gasteiger partial charge in [-0.2, -0.15) is 0 Å². The summed E-state index contributed by atoms with van der Waals surface area (Å²) >= 11 is 1.66. The van der Waals surface area contributed by atoms with Crippen molar-refractivity contribution in [1.29, 1.82) is 0 Å². The van der Waals surface area contributed by atoms with Crippen molar-refractivity contribution >= 4 is 18.9 Å². The molecular formula is C22H23N2O4PS. The van der Waals surface area contributed by atoms with Gasteiger partial charge >= 0.3 is 7.60 Å². The van der Waals surface area contributed by atoms with E-state index in [1.807, 2.05) is 30.6 Å². The molecule has 0 radical (unpaired) electrons. The molecule has 1 saturated heterocycles. The fraction of sp³-hybridized carbons (Fsp3) is 0.364. The van der Waals surface area contributed by atoms with Crippen LogP contribution in [-0.2, 0) is 20.0 Å². The second kappa shape index (κ2) is 7.57. The van der Waals surface area contributed by atoms with Crippen LogP contribution in [0.25, 0.3) is 11.3 Å². The van der Waals surface area contributed by atoms with E-state index in [4.69, 9.17) is 13.8 Å². The van der Waals surface area contributed by atoms with Gasteiger partial charge in [0.25, 0.3) is 0 Å². The molecule has 0 amide bonds. The molecule has 0 bridgehead atoms. The molecule has 6 nitrogen and oxygen atoms in total. The smallest absolute Gasteiger partial charge is 0.368 e. The van der Waals surface area contributed by atoms with E-state index in [1.165, 1.54) is 16.0 Å². The molecule has 8 heteroatoms. The first-order chi connectivity index (χ1) is 14.5. The van der Waals surface area contributed by atoms with Gasteiger partial charge in [-0.15, -0.1) is 11.3 Å². The van der Waals surface area contributed by atoms with Gasteiger partial charge in [0.05, 0.1) is 23.9 Å². The average molecular weight is 442 g/mol. The molecule has 0 N–H and O–H groups in total. The van der Waals surface area contributed by atoms with Crippen molar-refractivity contribution < 1.29 is 18.3 Å². The van der Waals surface area contributed by atoms with Crippen molar-refractivity contribution in [2.75, 3.05) is 13.0 Å². The van der Waals surface area contributed by atoms with Crippen LogP contribution >= 0.6 is 18.9 Å². The highest BCUT2D eigenvalue weighted by atomic mass is 32.1. The minimum Gasteiger partial charge on any atom is -0.480 e. The average Bonchev–Trinajstić information content (AvgIpc) is 3.32. The molecule has 2 aliphatic rings. The van der Waals surface area contributed by atoms with Crippen LogP contribution in [0.15, 0.2) is 29.9 Å². The predicted octanol–water partition coefficient (Wildman–Crippen LogP) is 5.74. The van der Waals surface area contributed by atoms with E-state index in [0.29, 0.717) is 18.8 Å². The van der Waals surface area contributed by atoms with E-state index in [-0.39, 0.29) is 12.5 Å². The number of hydrogen-bond acceptors (Lipinski definition) is 7. The fourth-order valence-electron chi connectivity index (χ4n) is 4.15. The molecule has 2 atom stereocenters. The van der Waals surface area contributed by atoms with Crippen molar-refractivity contribution in [1.82, 2.24) is 9.97 Å². The molecule has 1 aliphatic heterocycles. The van der Waals surface area contributed by atoms with Crippen LogP contribution < -0.4 is 4.74 Å². The first-order valence-electron chi connectivity index (χ1n) is 9.97. The normalized spacial score (nSPS) is 22.6. The van der Waals surface area contributed by atoms with Crippen molar-refractivity contribution in [3.05, 3.63) is 62.7 Å². The van der Waals surface area contributed by atoms with E-state index in [1.54, 1.807) is 17.5 Å². The van der Waals surface area contributed by atoms with Gasteiger partial charge in [-0.25, -0.2) is 4.98 Å². The number of pyridine rings is 1. The third kappa shape index (κ3) is 3.40. The Labute approximate surface area is 179 Å². The second-order valence-corrected chi connectivity index (χ2v) is 10.6. The molecule has 3 heterocycles. The molecule has 2 aromatic heterocycles. The summed E-state index contributed by atoms with van der Waals surface area (Å²) in [6.07, 6.45) is 2.81. The number of hydrogen-bond donors (Lipinski definition) is 0. The monoisotopic (exact) mass is 442 g/mol. The number of thiazole rings is 1. The van der Waals surface area contributed by atoms with Crippen LogP contribution in [0.3, 0.4) is 0 Å². The molecule has 0 spiro atoms. The Bertz CT molecular complexity index is 1180. The zero-order valence-electron chi connectivity index (χ0n) is 17.2. The van der Waals surface area contributed by atoms with Gasteiger partial charge < -0.3 is 9.26 Å². The van der Waals surface area contributed by atoms with Crippen LogP contribution in [0, 0.1) is 20.8 Å². The van der Waals surface area contributed by atoms with Crippen LogP contribution in [0.4, 0.5) is 0 Å². The molecule has 0 unspecified atom stereocenters. The van der Waals surface area contributed by atoms with Crippen LogP contribution in [0.2, 0.25) is 0 Å². The summed E-state index contributed by atoms with van der Waals surface area (Å²) in [5.41, 5.74) is 9.31. The van der Waals surface area contributed by atoms with E-state index >= 15 is 0 Å². The third-order valence-electron chi connectivity index (χ3n) is 5.88. The molecule has 30 heavy (non-hydrogen) atoms. The highest BCUT2D eigenvalue weighted by molar-refractivity contribution is 7.53. The fourth-order valence-corrected chi connectivity index (χ4v) is 6.41. The maximum Gasteiger partial charge on any atom is 0.368 e. The molecule has 1 aromatic carbocycles. The Morgan fingerprint density at radius 3 is 3.00 bits per heavy atom. The van der Waals surface area contributed by atoms with Crippen molar-refractivity contribution in [2.45, 2.75) is 39.7 Å². The Morgan fingerprint density at radius 1 is 1.30 bits per heavy atom. The maximum atomic E-state index is 13.3. The summed E-state index contributed by atoms with van der Waals surface area (Å²) in [6.45, 7) is 6.49. The van der Waals surface area contributed by atoms with Gasteiger partial charge in [0.2, 0.25) is 0 Å². The van der Waals surface area contributed by atoms with E-state index in [2.05, 4.69) is 23.8 Å². The Morgan fingerprint density at radius 2 is 2.17 bits per heavy atom. The van der Waals surface area contributed by atoms with Gasteiger partial charge in [0.15, 0.2) is 6.35 Å². The number of fused-ring (bicyclic) bond motifs is 3.